The van der Waals surface area contributed by atoms with Crippen molar-refractivity contribution in [3.63, 3.8) is 0 Å². The fourth-order valence-electron chi connectivity index (χ4n) is 4.81. The summed E-state index contributed by atoms with van der Waals surface area (Å²) < 4.78 is 8.28. The number of imide groups is 1. The van der Waals surface area contributed by atoms with Crippen molar-refractivity contribution in [1.29, 1.82) is 0 Å². The highest BCUT2D eigenvalue weighted by atomic mass is 16.5. The maximum Gasteiger partial charge on any atom is 0.235 e. The molecule has 38 heavy (non-hydrogen) atoms. The number of hydrogen-bond donors (Lipinski definition) is 1. The maximum absolute atomic E-state index is 12.3. The molecule has 1 atom stereocenters. The Bertz CT molecular complexity index is 1220. The van der Waals surface area contributed by atoms with E-state index in [0.717, 1.165) is 66.8 Å². The first kappa shape index (κ1) is 29.0. The number of hydrogen-bond acceptors (Lipinski definition) is 6. The van der Waals surface area contributed by atoms with Gasteiger partial charge in [0.2, 0.25) is 18.2 Å². The Balaban J connectivity index is 0.000000612. The number of carbonyl (C=O) groups is 3. The lowest BCUT2D eigenvalue weighted by molar-refractivity contribution is -0.134. The molecule has 10 nitrogen and oxygen atoms in total. The Labute approximate surface area is 224 Å². The summed E-state index contributed by atoms with van der Waals surface area (Å²) in [7, 11) is 3.55. The number of ether oxygens (including phenoxy) is 1. The molecule has 0 spiro atoms. The number of amides is 3. The first-order valence-corrected chi connectivity index (χ1v) is 13.4. The van der Waals surface area contributed by atoms with Gasteiger partial charge in [-0.2, -0.15) is 10.2 Å². The summed E-state index contributed by atoms with van der Waals surface area (Å²) in [4.78, 5) is 36.5. The topological polar surface area (TPSA) is 111 Å². The molecule has 2 saturated heterocycles. The Morgan fingerprint density at radius 2 is 1.82 bits per heavy atom. The summed E-state index contributed by atoms with van der Waals surface area (Å²) in [6.45, 7) is 8.99. The third kappa shape index (κ3) is 6.86. The van der Waals surface area contributed by atoms with E-state index in [1.807, 2.05) is 55.7 Å². The molecule has 0 aliphatic carbocycles. The molecule has 206 valence electrons. The van der Waals surface area contributed by atoms with Crippen molar-refractivity contribution < 1.29 is 19.1 Å². The average molecular weight is 525 g/mol. The van der Waals surface area contributed by atoms with Gasteiger partial charge >= 0.3 is 0 Å². The molecular weight excluding hydrogens is 484 g/mol. The first-order chi connectivity index (χ1) is 18.4. The van der Waals surface area contributed by atoms with Gasteiger partial charge in [-0.3, -0.25) is 29.1 Å². The molecule has 4 heterocycles. The number of aromatic nitrogens is 4. The summed E-state index contributed by atoms with van der Waals surface area (Å²) in [5.74, 6) is -0.500. The first-order valence-electron chi connectivity index (χ1n) is 13.4. The van der Waals surface area contributed by atoms with E-state index in [9.17, 15) is 14.4 Å². The summed E-state index contributed by atoms with van der Waals surface area (Å²) >= 11 is 0. The highest BCUT2D eigenvalue weighted by molar-refractivity contribution is 6.02. The zero-order chi connectivity index (χ0) is 27.7. The van der Waals surface area contributed by atoms with Crippen LogP contribution in [-0.2, 0) is 32.7 Å². The van der Waals surface area contributed by atoms with Crippen LogP contribution in [-0.4, -0.2) is 69.5 Å². The van der Waals surface area contributed by atoms with Gasteiger partial charge in [-0.05, 0) is 43.9 Å². The number of nitrogens with zero attached hydrogens (tertiary/aromatic N) is 5. The zero-order valence-electron chi connectivity index (χ0n) is 23.1. The van der Waals surface area contributed by atoms with Crippen LogP contribution in [0, 0.1) is 0 Å². The lowest BCUT2D eigenvalue weighted by Gasteiger charge is -2.28. The molecule has 0 saturated carbocycles. The van der Waals surface area contributed by atoms with E-state index in [1.165, 1.54) is 0 Å². The van der Waals surface area contributed by atoms with Crippen molar-refractivity contribution >= 4 is 29.1 Å². The summed E-state index contributed by atoms with van der Waals surface area (Å²) in [5, 5.41) is 12.8. The normalized spacial score (nSPS) is 17.8. The van der Waals surface area contributed by atoms with Crippen LogP contribution in [0.25, 0.3) is 10.9 Å². The Kier molecular flexibility index (Phi) is 10.6. The fourth-order valence-corrected chi connectivity index (χ4v) is 4.81. The van der Waals surface area contributed by atoms with Crippen molar-refractivity contribution in [1.82, 2.24) is 29.8 Å². The molecule has 3 amide bonds. The number of piperidine rings is 2. The highest BCUT2D eigenvalue weighted by Gasteiger charge is 2.31. The highest BCUT2D eigenvalue weighted by Crippen LogP contribution is 2.31. The van der Waals surface area contributed by atoms with Gasteiger partial charge < -0.3 is 9.64 Å². The van der Waals surface area contributed by atoms with Gasteiger partial charge in [-0.1, -0.05) is 26.0 Å². The Hall–Kier alpha value is -3.53. The molecule has 0 bridgehead atoms. The van der Waals surface area contributed by atoms with Crippen LogP contribution in [0.1, 0.15) is 75.2 Å². The van der Waals surface area contributed by atoms with E-state index in [4.69, 9.17) is 5.10 Å². The van der Waals surface area contributed by atoms with E-state index in [1.54, 1.807) is 11.8 Å². The quantitative estimate of drug-likeness (QED) is 0.391. The Morgan fingerprint density at radius 1 is 1.11 bits per heavy atom. The number of fused-ring (bicyclic) bond motifs is 1. The second-order valence-corrected chi connectivity index (χ2v) is 9.30. The van der Waals surface area contributed by atoms with Crippen LogP contribution in [0.15, 0.2) is 30.5 Å². The molecule has 10 heteroatoms. The Morgan fingerprint density at radius 3 is 2.45 bits per heavy atom. The van der Waals surface area contributed by atoms with Gasteiger partial charge in [0.25, 0.3) is 0 Å². The minimum absolute atomic E-state index is 0.221. The fraction of sp³-hybridized carbons (Fsp3) is 0.536. The van der Waals surface area contributed by atoms with Gasteiger partial charge in [0.15, 0.2) is 0 Å². The van der Waals surface area contributed by atoms with Crippen LogP contribution >= 0.6 is 0 Å². The van der Waals surface area contributed by atoms with E-state index in [0.29, 0.717) is 25.3 Å². The average Bonchev–Trinajstić information content (AvgIpc) is 3.54. The van der Waals surface area contributed by atoms with Crippen molar-refractivity contribution in [2.45, 2.75) is 64.8 Å². The van der Waals surface area contributed by atoms with E-state index >= 15 is 0 Å². The maximum atomic E-state index is 12.3. The monoisotopic (exact) mass is 524 g/mol. The predicted octanol–water partition coefficient (Wildman–Crippen LogP) is 3.35. The largest absolute Gasteiger partial charge is 0.385 e. The van der Waals surface area contributed by atoms with Crippen molar-refractivity contribution in [2.75, 3.05) is 26.8 Å². The minimum Gasteiger partial charge on any atom is -0.385 e. The molecule has 3 aromatic rings. The van der Waals surface area contributed by atoms with Crippen LogP contribution in [0.4, 0.5) is 0 Å². The number of benzene rings is 1. The van der Waals surface area contributed by atoms with Crippen LogP contribution in [0.3, 0.4) is 0 Å². The summed E-state index contributed by atoms with van der Waals surface area (Å²) in [6, 6.07) is 8.21. The SMILES string of the molecule is CC.CCOC.Cn1nc(C2CCC(=O)NC2=O)c2ccc(Cn3ccc(C4CCN(C=O)CC4)n3)cc21. The molecule has 1 N–H and O–H groups in total. The smallest absolute Gasteiger partial charge is 0.235 e. The van der Waals surface area contributed by atoms with E-state index in [2.05, 4.69) is 27.3 Å². The molecule has 0 radical (unpaired) electrons. The lowest BCUT2D eigenvalue weighted by Crippen LogP contribution is -2.39. The number of likely N-dealkylation sites (tertiary alicyclic amines) is 1. The number of rotatable bonds is 6. The molecule has 2 aromatic heterocycles. The van der Waals surface area contributed by atoms with Crippen molar-refractivity contribution in [3.8, 4) is 0 Å². The van der Waals surface area contributed by atoms with Crippen molar-refractivity contribution in [2.24, 2.45) is 7.05 Å². The molecular formula is C28H40N6O4. The minimum atomic E-state index is -0.401. The molecule has 2 aliphatic heterocycles. The molecule has 1 unspecified atom stereocenters. The number of aryl methyl sites for hydroxylation is 1. The van der Waals surface area contributed by atoms with E-state index in [-0.39, 0.29) is 11.8 Å². The molecule has 2 aliphatic rings. The number of methoxy groups -OCH3 is 1. The molecule has 5 rings (SSSR count). The van der Waals surface area contributed by atoms with Gasteiger partial charge in [-0.15, -0.1) is 0 Å². The second-order valence-electron chi connectivity index (χ2n) is 9.30. The standard InChI is InChI=1S/C23H26N6O3.C3H8O.C2H6/c1-27-20-12-15(2-3-17(20)22(26-27)18-4-5-21(31)24-23(18)32)13-29-11-8-19(25-29)16-6-9-28(14-30)10-7-16;1-3-4-2;1-2/h2-3,8,11-12,14,16,18H,4-7,9-10,13H2,1H3,(H,24,31,32);3H2,1-2H3;1-2H3. The summed E-state index contributed by atoms with van der Waals surface area (Å²) in [5.41, 5.74) is 3.86. The van der Waals surface area contributed by atoms with Gasteiger partial charge in [-0.25, -0.2) is 0 Å². The number of carbonyl (C=O) groups excluding carboxylic acids is 3. The third-order valence-corrected chi connectivity index (χ3v) is 6.91. The van der Waals surface area contributed by atoms with Crippen LogP contribution in [0.5, 0.6) is 0 Å². The predicted molar refractivity (Wildman–Crippen MR) is 146 cm³/mol. The second kappa shape index (κ2) is 13.9. The molecule has 2 fully saturated rings. The van der Waals surface area contributed by atoms with Gasteiger partial charge in [0.1, 0.15) is 0 Å². The van der Waals surface area contributed by atoms with Gasteiger partial charge in [0.05, 0.1) is 29.4 Å². The molecule has 1 aromatic carbocycles. The van der Waals surface area contributed by atoms with Gasteiger partial charge in [0, 0.05) is 57.8 Å². The zero-order valence-corrected chi connectivity index (χ0v) is 23.1. The lowest BCUT2D eigenvalue weighted by atomic mass is 9.92. The van der Waals surface area contributed by atoms with Crippen molar-refractivity contribution in [3.05, 3.63) is 47.4 Å². The number of nitrogens with one attached hydrogen (secondary N) is 1. The third-order valence-electron chi connectivity index (χ3n) is 6.91. The van der Waals surface area contributed by atoms with Crippen LogP contribution in [0.2, 0.25) is 0 Å². The summed E-state index contributed by atoms with van der Waals surface area (Å²) in [6.07, 6.45) is 5.64. The van der Waals surface area contributed by atoms with Crippen LogP contribution < -0.4 is 5.32 Å². The van der Waals surface area contributed by atoms with E-state index < -0.39 is 5.92 Å².